The second-order valence-electron chi connectivity index (χ2n) is 5.36. The first-order valence-corrected chi connectivity index (χ1v) is 7.09. The lowest BCUT2D eigenvalue weighted by Gasteiger charge is -2.08. The summed E-state index contributed by atoms with van der Waals surface area (Å²) >= 11 is 0. The van der Waals surface area contributed by atoms with Gasteiger partial charge in [-0.05, 0) is 38.5 Å². The SMILES string of the molecule is CCOC(=O)CC1CCn2c1cc1c(C)c(O)ccc12. The molecule has 3 rings (SSSR count). The lowest BCUT2D eigenvalue weighted by molar-refractivity contribution is -0.143. The van der Waals surface area contributed by atoms with E-state index in [0.29, 0.717) is 18.8 Å². The molecular weight excluding hydrogens is 254 g/mol. The molecule has 1 aromatic carbocycles. The topological polar surface area (TPSA) is 51.5 Å². The van der Waals surface area contributed by atoms with Gasteiger partial charge in [0.05, 0.1) is 13.0 Å². The van der Waals surface area contributed by atoms with Crippen molar-refractivity contribution in [3.05, 3.63) is 29.5 Å². The van der Waals surface area contributed by atoms with Gasteiger partial charge in [-0.3, -0.25) is 4.79 Å². The Morgan fingerprint density at radius 2 is 2.30 bits per heavy atom. The maximum absolute atomic E-state index is 11.7. The number of hydrogen-bond acceptors (Lipinski definition) is 3. The summed E-state index contributed by atoms with van der Waals surface area (Å²) in [5, 5.41) is 10.9. The molecule has 1 aromatic heterocycles. The number of carbonyl (C=O) groups excluding carboxylic acids is 1. The molecule has 4 heteroatoms. The Morgan fingerprint density at radius 3 is 3.05 bits per heavy atom. The zero-order valence-corrected chi connectivity index (χ0v) is 11.8. The van der Waals surface area contributed by atoms with Crippen molar-refractivity contribution in [3.8, 4) is 5.75 Å². The predicted octanol–water partition coefficient (Wildman–Crippen LogP) is 3.10. The van der Waals surface area contributed by atoms with Gasteiger partial charge in [-0.2, -0.15) is 0 Å². The van der Waals surface area contributed by atoms with Crippen LogP contribution in [-0.4, -0.2) is 22.2 Å². The summed E-state index contributed by atoms with van der Waals surface area (Å²) in [5.41, 5.74) is 3.22. The maximum Gasteiger partial charge on any atom is 0.306 e. The smallest absolute Gasteiger partial charge is 0.306 e. The van der Waals surface area contributed by atoms with Gasteiger partial charge < -0.3 is 14.4 Å². The number of benzene rings is 1. The Bertz CT molecular complexity index is 672. The maximum atomic E-state index is 11.7. The van der Waals surface area contributed by atoms with Gasteiger partial charge in [0.25, 0.3) is 0 Å². The fraction of sp³-hybridized carbons (Fsp3) is 0.438. The Kier molecular flexibility index (Phi) is 3.16. The molecule has 0 fully saturated rings. The number of aromatic nitrogens is 1. The lowest BCUT2D eigenvalue weighted by atomic mass is 9.99. The standard InChI is InChI=1S/C16H19NO3/c1-3-20-16(19)8-11-6-7-17-13-4-5-15(18)10(2)12(13)9-14(11)17/h4-5,9,11,18H,3,6-8H2,1-2H3. The molecule has 0 radical (unpaired) electrons. The number of hydrogen-bond donors (Lipinski definition) is 1. The molecule has 0 spiro atoms. The summed E-state index contributed by atoms with van der Waals surface area (Å²) in [6.45, 7) is 5.11. The minimum atomic E-state index is -0.129. The molecule has 2 heterocycles. The average Bonchev–Trinajstić information content (AvgIpc) is 2.95. The first-order valence-electron chi connectivity index (χ1n) is 7.09. The zero-order valence-electron chi connectivity index (χ0n) is 11.8. The van der Waals surface area contributed by atoms with Gasteiger partial charge in [0.2, 0.25) is 0 Å². The molecule has 1 aliphatic rings. The van der Waals surface area contributed by atoms with Crippen LogP contribution < -0.4 is 0 Å². The molecule has 0 saturated heterocycles. The van der Waals surface area contributed by atoms with Crippen LogP contribution in [-0.2, 0) is 16.1 Å². The molecular formula is C16H19NO3. The third-order valence-electron chi connectivity index (χ3n) is 4.20. The minimum absolute atomic E-state index is 0.129. The molecule has 1 aliphatic heterocycles. The quantitative estimate of drug-likeness (QED) is 0.874. The number of phenols is 1. The van der Waals surface area contributed by atoms with E-state index in [2.05, 4.69) is 10.6 Å². The van der Waals surface area contributed by atoms with Gasteiger partial charge in [-0.15, -0.1) is 0 Å². The van der Waals surface area contributed by atoms with Gasteiger partial charge in [-0.25, -0.2) is 0 Å². The largest absolute Gasteiger partial charge is 0.508 e. The number of aromatic hydroxyl groups is 1. The van der Waals surface area contributed by atoms with E-state index in [0.717, 1.165) is 29.4 Å². The molecule has 0 amide bonds. The van der Waals surface area contributed by atoms with Crippen LogP contribution in [0.15, 0.2) is 18.2 Å². The number of rotatable bonds is 3. The van der Waals surface area contributed by atoms with E-state index in [9.17, 15) is 9.90 Å². The van der Waals surface area contributed by atoms with E-state index in [4.69, 9.17) is 4.74 Å². The molecule has 0 bridgehead atoms. The van der Waals surface area contributed by atoms with Gasteiger partial charge in [0.1, 0.15) is 5.75 Å². The molecule has 4 nitrogen and oxygen atoms in total. The Labute approximate surface area is 118 Å². The molecule has 106 valence electrons. The minimum Gasteiger partial charge on any atom is -0.508 e. The third-order valence-corrected chi connectivity index (χ3v) is 4.20. The summed E-state index contributed by atoms with van der Waals surface area (Å²) in [6, 6.07) is 5.80. The van der Waals surface area contributed by atoms with Crippen LogP contribution in [0.25, 0.3) is 10.9 Å². The number of nitrogens with zero attached hydrogens (tertiary/aromatic N) is 1. The van der Waals surface area contributed by atoms with Crippen LogP contribution in [0.4, 0.5) is 0 Å². The summed E-state index contributed by atoms with van der Waals surface area (Å²) < 4.78 is 7.30. The number of ether oxygens (including phenoxy) is 1. The summed E-state index contributed by atoms with van der Waals surface area (Å²) in [4.78, 5) is 11.7. The Balaban J connectivity index is 1.97. The molecule has 1 atom stereocenters. The van der Waals surface area contributed by atoms with Crippen LogP contribution >= 0.6 is 0 Å². The Morgan fingerprint density at radius 1 is 1.50 bits per heavy atom. The summed E-state index contributed by atoms with van der Waals surface area (Å²) in [6.07, 6.45) is 1.42. The number of fused-ring (bicyclic) bond motifs is 3. The van der Waals surface area contributed by atoms with Crippen LogP contribution in [0, 0.1) is 6.92 Å². The number of phenolic OH excluding ortho intramolecular Hbond substituents is 1. The normalized spacial score (nSPS) is 17.4. The van der Waals surface area contributed by atoms with Crippen LogP contribution in [0.2, 0.25) is 0 Å². The highest BCUT2D eigenvalue weighted by Crippen LogP contribution is 2.38. The first-order chi connectivity index (χ1) is 9.61. The highest BCUT2D eigenvalue weighted by molar-refractivity contribution is 5.87. The lowest BCUT2D eigenvalue weighted by Crippen LogP contribution is -2.08. The van der Waals surface area contributed by atoms with Crippen molar-refractivity contribution in [1.29, 1.82) is 0 Å². The molecule has 0 aliphatic carbocycles. The van der Waals surface area contributed by atoms with Crippen molar-refractivity contribution < 1.29 is 14.6 Å². The molecule has 20 heavy (non-hydrogen) atoms. The average molecular weight is 273 g/mol. The van der Waals surface area contributed by atoms with E-state index >= 15 is 0 Å². The van der Waals surface area contributed by atoms with Crippen LogP contribution in [0.3, 0.4) is 0 Å². The number of esters is 1. The highest BCUT2D eigenvalue weighted by Gasteiger charge is 2.27. The van der Waals surface area contributed by atoms with Crippen LogP contribution in [0.5, 0.6) is 5.75 Å². The second kappa shape index (κ2) is 4.85. The van der Waals surface area contributed by atoms with E-state index in [1.807, 2.05) is 19.9 Å². The van der Waals surface area contributed by atoms with Crippen molar-refractivity contribution in [1.82, 2.24) is 4.57 Å². The summed E-state index contributed by atoms with van der Waals surface area (Å²) in [5.74, 6) is 0.419. The van der Waals surface area contributed by atoms with E-state index in [1.54, 1.807) is 6.07 Å². The van der Waals surface area contributed by atoms with Gasteiger partial charge >= 0.3 is 5.97 Å². The van der Waals surface area contributed by atoms with Crippen molar-refractivity contribution in [3.63, 3.8) is 0 Å². The molecule has 1 unspecified atom stereocenters. The monoisotopic (exact) mass is 273 g/mol. The van der Waals surface area contributed by atoms with Gasteiger partial charge in [-0.1, -0.05) is 0 Å². The van der Waals surface area contributed by atoms with Crippen molar-refractivity contribution in [2.45, 2.75) is 39.2 Å². The Hall–Kier alpha value is -1.97. The fourth-order valence-electron chi connectivity index (χ4n) is 3.13. The number of aryl methyl sites for hydroxylation is 2. The molecule has 2 aromatic rings. The predicted molar refractivity (Wildman–Crippen MR) is 76.9 cm³/mol. The third kappa shape index (κ3) is 1.96. The van der Waals surface area contributed by atoms with Gasteiger partial charge in [0, 0.05) is 34.6 Å². The van der Waals surface area contributed by atoms with Crippen molar-refractivity contribution in [2.24, 2.45) is 0 Å². The molecule has 1 N–H and O–H groups in total. The van der Waals surface area contributed by atoms with Crippen molar-refractivity contribution in [2.75, 3.05) is 6.61 Å². The van der Waals surface area contributed by atoms with E-state index in [-0.39, 0.29) is 11.9 Å². The second-order valence-corrected chi connectivity index (χ2v) is 5.36. The molecule has 0 saturated carbocycles. The van der Waals surface area contributed by atoms with Crippen LogP contribution in [0.1, 0.15) is 36.9 Å². The fourth-order valence-corrected chi connectivity index (χ4v) is 3.13. The highest BCUT2D eigenvalue weighted by atomic mass is 16.5. The zero-order chi connectivity index (χ0) is 14.3. The van der Waals surface area contributed by atoms with E-state index < -0.39 is 0 Å². The first kappa shape index (κ1) is 13.0. The van der Waals surface area contributed by atoms with Crippen molar-refractivity contribution >= 4 is 16.9 Å². The number of carbonyl (C=O) groups is 1. The summed E-state index contributed by atoms with van der Waals surface area (Å²) in [7, 11) is 0. The van der Waals surface area contributed by atoms with E-state index in [1.165, 1.54) is 5.69 Å². The van der Waals surface area contributed by atoms with Gasteiger partial charge in [0.15, 0.2) is 0 Å².